The first-order chi connectivity index (χ1) is 13.2. The molecule has 1 amide bonds. The van der Waals surface area contributed by atoms with E-state index < -0.39 is 10.1 Å². The number of imidazole rings is 1. The Bertz CT molecular complexity index is 835. The molecule has 2 aromatic rings. The van der Waals surface area contributed by atoms with E-state index in [4.69, 9.17) is 39.5 Å². The zero-order valence-corrected chi connectivity index (χ0v) is 18.1. The Hall–Kier alpha value is -1.47. The number of carbonyl (C=O) groups excluding carboxylic acids is 1. The van der Waals surface area contributed by atoms with E-state index in [1.54, 1.807) is 6.33 Å². The van der Waals surface area contributed by atoms with Gasteiger partial charge in [-0.25, -0.2) is 9.78 Å². The summed E-state index contributed by atoms with van der Waals surface area (Å²) in [7, 11) is 0. The van der Waals surface area contributed by atoms with Crippen molar-refractivity contribution in [2.75, 3.05) is 18.4 Å². The van der Waals surface area contributed by atoms with E-state index in [2.05, 4.69) is 28.2 Å². The van der Waals surface area contributed by atoms with E-state index in [0.29, 0.717) is 11.6 Å². The quantitative estimate of drug-likeness (QED) is 0.650. The highest BCUT2D eigenvalue weighted by molar-refractivity contribution is 6.66. The van der Waals surface area contributed by atoms with E-state index in [0.717, 1.165) is 36.6 Å². The summed E-state index contributed by atoms with van der Waals surface area (Å²) in [6, 6.07) is 5.82. The zero-order chi connectivity index (χ0) is 20.3. The van der Waals surface area contributed by atoms with Crippen LogP contribution < -0.4 is 5.32 Å². The Kier molecular flexibility index (Phi) is 6.76. The van der Waals surface area contributed by atoms with Crippen molar-refractivity contribution in [3.63, 3.8) is 0 Å². The molecule has 152 valence electrons. The van der Waals surface area contributed by atoms with E-state index >= 15 is 0 Å². The van der Waals surface area contributed by atoms with Crippen LogP contribution in [0.1, 0.15) is 31.0 Å². The van der Waals surface area contributed by atoms with Crippen LogP contribution in [0.25, 0.3) is 5.69 Å². The number of halogens is 3. The smallest absolute Gasteiger partial charge is 0.398 e. The Labute approximate surface area is 179 Å². The first-order valence-electron chi connectivity index (χ1n) is 9.12. The zero-order valence-electron chi connectivity index (χ0n) is 15.8. The van der Waals surface area contributed by atoms with Gasteiger partial charge in [-0.1, -0.05) is 6.92 Å². The van der Waals surface area contributed by atoms with Crippen molar-refractivity contribution in [1.82, 2.24) is 14.5 Å². The molecule has 9 heteroatoms. The van der Waals surface area contributed by atoms with Gasteiger partial charge in [0.1, 0.15) is 0 Å². The molecule has 2 heterocycles. The molecular weight excluding hydrogens is 423 g/mol. The van der Waals surface area contributed by atoms with Crippen molar-refractivity contribution < 1.29 is 9.53 Å². The van der Waals surface area contributed by atoms with Crippen molar-refractivity contribution in [2.45, 2.75) is 37.2 Å². The van der Waals surface area contributed by atoms with Crippen LogP contribution in [-0.2, 0) is 11.3 Å². The molecule has 6 nitrogen and oxygen atoms in total. The molecule has 28 heavy (non-hydrogen) atoms. The third kappa shape index (κ3) is 6.27. The summed E-state index contributed by atoms with van der Waals surface area (Å²) in [5.74, 6) is 0.685. The number of nitrogens with zero attached hydrogens (tertiary/aromatic N) is 3. The van der Waals surface area contributed by atoms with Gasteiger partial charge >= 0.3 is 10.1 Å². The molecule has 0 unspecified atom stereocenters. The molecular formula is C19H23Cl3N4O2. The van der Waals surface area contributed by atoms with Crippen molar-refractivity contribution in [3.8, 4) is 5.69 Å². The number of amides is 1. The Morgan fingerprint density at radius 3 is 2.79 bits per heavy atom. The normalized spacial score (nSPS) is 18.1. The van der Waals surface area contributed by atoms with Gasteiger partial charge in [0.15, 0.2) is 0 Å². The van der Waals surface area contributed by atoms with Crippen molar-refractivity contribution in [1.29, 1.82) is 0 Å². The minimum Gasteiger partial charge on any atom is -0.398 e. The van der Waals surface area contributed by atoms with Crippen molar-refractivity contribution in [3.05, 3.63) is 42.0 Å². The van der Waals surface area contributed by atoms with Crippen molar-refractivity contribution in [2.24, 2.45) is 5.92 Å². The molecule has 1 aromatic heterocycles. The molecule has 3 rings (SSSR count). The summed E-state index contributed by atoms with van der Waals surface area (Å²) >= 11 is 16.6. The summed E-state index contributed by atoms with van der Waals surface area (Å²) in [6.45, 7) is 7.12. The molecule has 0 radical (unpaired) electrons. The second-order valence-electron chi connectivity index (χ2n) is 7.25. The van der Waals surface area contributed by atoms with Gasteiger partial charge in [0, 0.05) is 30.7 Å². The van der Waals surface area contributed by atoms with Crippen LogP contribution in [0.15, 0.2) is 30.7 Å². The lowest BCUT2D eigenvalue weighted by molar-refractivity contribution is 0.160. The molecule has 1 aliphatic heterocycles. The number of likely N-dealkylation sites (tertiary alicyclic amines) is 1. The number of anilines is 1. The van der Waals surface area contributed by atoms with Gasteiger partial charge < -0.3 is 9.30 Å². The standard InChI is InChI=1S/C19H23Cl3N4O2/c1-13-4-3-5-25(9-13)11-15-6-16(24-18(27)28-19(20,21)22)8-17(7-15)26-10-14(2)23-12-26/h6-8,10,12-13H,3-5,9,11H2,1-2H3,(H,24,27)/t13-/m0/s1. The molecule has 1 saturated heterocycles. The van der Waals surface area contributed by atoms with E-state index in [1.807, 2.05) is 29.8 Å². The largest absolute Gasteiger partial charge is 0.415 e. The van der Waals surface area contributed by atoms with Gasteiger partial charge in [-0.2, -0.15) is 0 Å². The topological polar surface area (TPSA) is 59.4 Å². The van der Waals surface area contributed by atoms with Gasteiger partial charge in [0.05, 0.1) is 12.0 Å². The second-order valence-corrected chi connectivity index (χ2v) is 9.43. The monoisotopic (exact) mass is 444 g/mol. The van der Waals surface area contributed by atoms with E-state index in [1.165, 1.54) is 12.8 Å². The highest BCUT2D eigenvalue weighted by atomic mass is 35.6. The highest BCUT2D eigenvalue weighted by Gasteiger charge is 2.25. The first-order valence-corrected chi connectivity index (χ1v) is 10.3. The van der Waals surface area contributed by atoms with Gasteiger partial charge in [0.25, 0.3) is 0 Å². The number of ether oxygens (including phenoxy) is 1. The molecule has 1 fully saturated rings. The number of benzene rings is 1. The van der Waals surface area contributed by atoms with Crippen LogP contribution in [0.3, 0.4) is 0 Å². The Balaban J connectivity index is 1.84. The third-order valence-corrected chi connectivity index (χ3v) is 4.82. The number of rotatable bonds is 4. The van der Waals surface area contributed by atoms with Crippen molar-refractivity contribution >= 4 is 46.6 Å². The summed E-state index contributed by atoms with van der Waals surface area (Å²) in [5, 5.41) is 2.64. The average molecular weight is 446 g/mol. The van der Waals surface area contributed by atoms with Gasteiger partial charge in [-0.05, 0) is 90.8 Å². The molecule has 0 spiro atoms. The Morgan fingerprint density at radius 2 is 2.14 bits per heavy atom. The lowest BCUT2D eigenvalue weighted by Crippen LogP contribution is -2.33. The first kappa shape index (κ1) is 21.2. The fourth-order valence-corrected chi connectivity index (χ4v) is 3.70. The van der Waals surface area contributed by atoms with Crippen LogP contribution >= 0.6 is 34.8 Å². The number of carbonyl (C=O) groups is 1. The van der Waals surface area contributed by atoms with Crippen LogP contribution in [0.4, 0.5) is 10.5 Å². The van der Waals surface area contributed by atoms with Crippen LogP contribution in [0.5, 0.6) is 0 Å². The Morgan fingerprint density at radius 1 is 1.36 bits per heavy atom. The van der Waals surface area contributed by atoms with E-state index in [9.17, 15) is 4.79 Å². The number of aryl methyl sites for hydroxylation is 1. The van der Waals surface area contributed by atoms with Crippen LogP contribution in [0.2, 0.25) is 0 Å². The SMILES string of the molecule is Cc1cn(-c2cc(CN3CCC[C@H](C)C3)cc(NC(=O)OC(Cl)(Cl)Cl)c2)cn1. The molecule has 1 aromatic carbocycles. The molecule has 1 atom stereocenters. The minimum atomic E-state index is -2.12. The highest BCUT2D eigenvalue weighted by Crippen LogP contribution is 2.28. The lowest BCUT2D eigenvalue weighted by atomic mass is 9.99. The number of nitrogens with one attached hydrogen (secondary N) is 1. The lowest BCUT2D eigenvalue weighted by Gasteiger charge is -2.31. The third-order valence-electron chi connectivity index (χ3n) is 4.59. The number of hydrogen-bond acceptors (Lipinski definition) is 4. The number of hydrogen-bond donors (Lipinski definition) is 1. The fraction of sp³-hybridized carbons (Fsp3) is 0.474. The van der Waals surface area contributed by atoms with Gasteiger partial charge in [-0.3, -0.25) is 10.2 Å². The summed E-state index contributed by atoms with van der Waals surface area (Å²) < 4.78 is 4.50. The fourth-order valence-electron chi connectivity index (χ4n) is 3.49. The second kappa shape index (κ2) is 8.91. The maximum absolute atomic E-state index is 12.0. The minimum absolute atomic E-state index is 0.558. The molecule has 1 aliphatic rings. The van der Waals surface area contributed by atoms with Crippen LogP contribution in [0, 0.1) is 12.8 Å². The number of alkyl halides is 3. The van der Waals surface area contributed by atoms with E-state index in [-0.39, 0.29) is 0 Å². The predicted molar refractivity (Wildman–Crippen MR) is 112 cm³/mol. The van der Waals surface area contributed by atoms with Gasteiger partial charge in [-0.15, -0.1) is 0 Å². The molecule has 0 saturated carbocycles. The maximum Gasteiger partial charge on any atom is 0.415 e. The maximum atomic E-state index is 12.0. The van der Waals surface area contributed by atoms with Crippen LogP contribution in [-0.4, -0.2) is 37.6 Å². The summed E-state index contributed by atoms with van der Waals surface area (Å²) in [4.78, 5) is 18.7. The summed E-state index contributed by atoms with van der Waals surface area (Å²) in [6.07, 6.45) is 5.28. The summed E-state index contributed by atoms with van der Waals surface area (Å²) in [5.41, 5.74) is 3.41. The predicted octanol–water partition coefficient (Wildman–Crippen LogP) is 5.29. The molecule has 1 N–H and O–H groups in total. The average Bonchev–Trinajstić information content (AvgIpc) is 2.99. The van der Waals surface area contributed by atoms with Gasteiger partial charge in [0.2, 0.25) is 0 Å². The number of piperidine rings is 1. The molecule has 0 bridgehead atoms. The molecule has 0 aliphatic carbocycles. The number of aromatic nitrogens is 2.